The Morgan fingerprint density at radius 3 is 2.87 bits per heavy atom. The Kier molecular flexibility index (Phi) is 9.91. The number of aromatic nitrogens is 1. The van der Waals surface area contributed by atoms with Crippen LogP contribution >= 0.6 is 11.6 Å². The number of furan rings is 1. The summed E-state index contributed by atoms with van der Waals surface area (Å²) in [5.41, 5.74) is 3.12. The maximum atomic E-state index is 10.4. The highest BCUT2D eigenvalue weighted by Gasteiger charge is 2.15. The highest BCUT2D eigenvalue weighted by Crippen LogP contribution is 2.25. The van der Waals surface area contributed by atoms with Crippen molar-refractivity contribution in [2.24, 2.45) is 4.99 Å². The van der Waals surface area contributed by atoms with E-state index in [1.807, 2.05) is 63.4 Å². The lowest BCUT2D eigenvalue weighted by molar-refractivity contribution is -0.468. The number of nitrogens with zero attached hydrogens (tertiary/aromatic N) is 3. The molecule has 0 spiro atoms. The predicted octanol–water partition coefficient (Wildman–Crippen LogP) is 6.43. The molecule has 31 heavy (non-hydrogen) atoms. The normalized spacial score (nSPS) is 16.6. The largest absolute Gasteiger partial charge is 0.461 e. The number of halogens is 1. The van der Waals surface area contributed by atoms with Gasteiger partial charge in [0.15, 0.2) is 0 Å². The van der Waals surface area contributed by atoms with E-state index in [9.17, 15) is 10.1 Å². The van der Waals surface area contributed by atoms with E-state index in [1.54, 1.807) is 12.3 Å². The fraction of sp³-hybridized carbons (Fsp3) is 0.333. The Labute approximate surface area is 188 Å². The van der Waals surface area contributed by atoms with Crippen LogP contribution in [-0.4, -0.2) is 28.7 Å². The second kappa shape index (κ2) is 12.6. The summed E-state index contributed by atoms with van der Waals surface area (Å²) in [5.74, 6) is 1.55. The summed E-state index contributed by atoms with van der Waals surface area (Å²) in [5, 5.41) is 10.7. The molecule has 0 saturated heterocycles. The van der Waals surface area contributed by atoms with E-state index in [1.165, 1.54) is 6.08 Å². The molecule has 1 unspecified atom stereocenters. The molecule has 1 aliphatic heterocycles. The molecule has 0 N–H and O–H groups in total. The van der Waals surface area contributed by atoms with Crippen molar-refractivity contribution in [2.75, 3.05) is 13.1 Å². The minimum Gasteiger partial charge on any atom is -0.461 e. The number of hydrogen-bond acceptors (Lipinski definition) is 5. The van der Waals surface area contributed by atoms with Crippen LogP contribution in [0.25, 0.3) is 6.08 Å². The fourth-order valence-electron chi connectivity index (χ4n) is 3.02. The van der Waals surface area contributed by atoms with Crippen LogP contribution in [0.1, 0.15) is 56.6 Å². The Bertz CT molecular complexity index is 975. The zero-order valence-electron chi connectivity index (χ0n) is 18.1. The predicted molar refractivity (Wildman–Crippen MR) is 126 cm³/mol. The van der Waals surface area contributed by atoms with Gasteiger partial charge in [-0.3, -0.25) is 20.1 Å². The van der Waals surface area contributed by atoms with Gasteiger partial charge in [-0.1, -0.05) is 38.4 Å². The number of pyridine rings is 1. The van der Waals surface area contributed by atoms with Crippen molar-refractivity contribution >= 4 is 23.4 Å². The molecule has 7 heteroatoms. The molecule has 164 valence electrons. The molecule has 1 atom stereocenters. The zero-order chi connectivity index (χ0) is 22.6. The van der Waals surface area contributed by atoms with Gasteiger partial charge in [0.25, 0.3) is 0 Å². The van der Waals surface area contributed by atoms with Crippen molar-refractivity contribution in [1.29, 1.82) is 0 Å². The molecule has 0 aliphatic carbocycles. The van der Waals surface area contributed by atoms with Gasteiger partial charge in [0.1, 0.15) is 11.5 Å². The van der Waals surface area contributed by atoms with Gasteiger partial charge in [0, 0.05) is 46.5 Å². The first-order chi connectivity index (χ1) is 15.0. The first-order valence-electron chi connectivity index (χ1n) is 10.4. The van der Waals surface area contributed by atoms with Crippen molar-refractivity contribution in [2.45, 2.75) is 39.5 Å². The molecule has 0 saturated carbocycles. The van der Waals surface area contributed by atoms with Crippen LogP contribution < -0.4 is 0 Å². The topological polar surface area (TPSA) is 81.5 Å². The molecule has 3 rings (SSSR count). The summed E-state index contributed by atoms with van der Waals surface area (Å²) in [7, 11) is 0. The van der Waals surface area contributed by atoms with E-state index < -0.39 is 4.92 Å². The van der Waals surface area contributed by atoms with E-state index >= 15 is 0 Å². The molecule has 3 heterocycles. The number of allylic oxidation sites excluding steroid dienone is 4. The third kappa shape index (κ3) is 7.64. The maximum Gasteiger partial charge on any atom is 0.223 e. The summed E-state index contributed by atoms with van der Waals surface area (Å²) >= 11 is 5.98. The van der Waals surface area contributed by atoms with Crippen molar-refractivity contribution in [3.05, 3.63) is 92.7 Å². The monoisotopic (exact) mass is 441 g/mol. The van der Waals surface area contributed by atoms with Crippen LogP contribution in [0, 0.1) is 10.1 Å². The lowest BCUT2D eigenvalue weighted by Crippen LogP contribution is -2.11. The van der Waals surface area contributed by atoms with Crippen molar-refractivity contribution in [1.82, 2.24) is 4.98 Å². The van der Waals surface area contributed by atoms with E-state index in [-0.39, 0.29) is 12.5 Å². The second-order valence-corrected chi connectivity index (χ2v) is 7.17. The van der Waals surface area contributed by atoms with Gasteiger partial charge in [-0.25, -0.2) is 0 Å². The van der Waals surface area contributed by atoms with Gasteiger partial charge < -0.3 is 4.42 Å². The molecule has 0 amide bonds. The molecule has 0 bridgehead atoms. The molecule has 0 radical (unpaired) electrons. The Morgan fingerprint density at radius 2 is 2.16 bits per heavy atom. The third-order valence-corrected chi connectivity index (χ3v) is 4.79. The van der Waals surface area contributed by atoms with Gasteiger partial charge in [0.05, 0.1) is 5.71 Å². The Balaban J connectivity index is 0.00000166. The van der Waals surface area contributed by atoms with Gasteiger partial charge >= 0.3 is 0 Å². The van der Waals surface area contributed by atoms with E-state index in [0.717, 1.165) is 47.8 Å². The van der Waals surface area contributed by atoms with Crippen LogP contribution in [0.3, 0.4) is 0 Å². The molecule has 2 aromatic heterocycles. The average Bonchev–Trinajstić information content (AvgIpc) is 3.27. The molecule has 2 aromatic rings. The fourth-order valence-corrected chi connectivity index (χ4v) is 3.17. The number of rotatable bonds is 7. The van der Waals surface area contributed by atoms with E-state index in [0.29, 0.717) is 5.03 Å². The summed E-state index contributed by atoms with van der Waals surface area (Å²) in [6.45, 7) is 6.50. The molecule has 0 fully saturated rings. The summed E-state index contributed by atoms with van der Waals surface area (Å²) in [6.07, 6.45) is 12.5. The first kappa shape index (κ1) is 24.3. The summed E-state index contributed by atoms with van der Waals surface area (Å²) in [6, 6.07) is 7.79. The zero-order valence-corrected chi connectivity index (χ0v) is 18.9. The van der Waals surface area contributed by atoms with Crippen molar-refractivity contribution in [3.8, 4) is 0 Å². The average molecular weight is 442 g/mol. The minimum absolute atomic E-state index is 0.0160. The summed E-state index contributed by atoms with van der Waals surface area (Å²) < 4.78 is 5.99. The lowest BCUT2D eigenvalue weighted by Gasteiger charge is -2.15. The van der Waals surface area contributed by atoms with Crippen molar-refractivity contribution in [3.63, 3.8) is 0 Å². The Morgan fingerprint density at radius 1 is 1.35 bits per heavy atom. The molecule has 1 aliphatic rings. The molecule has 0 aromatic carbocycles. The van der Waals surface area contributed by atoms with Crippen molar-refractivity contribution < 1.29 is 9.34 Å². The smallest absolute Gasteiger partial charge is 0.223 e. The summed E-state index contributed by atoms with van der Waals surface area (Å²) in [4.78, 5) is 18.8. The third-order valence-electron chi connectivity index (χ3n) is 4.51. The highest BCUT2D eigenvalue weighted by atomic mass is 35.5. The van der Waals surface area contributed by atoms with Gasteiger partial charge in [-0.05, 0) is 54.8 Å². The van der Waals surface area contributed by atoms with Crippen LogP contribution in [0.5, 0.6) is 0 Å². The van der Waals surface area contributed by atoms with Gasteiger partial charge in [0.2, 0.25) is 6.54 Å². The number of hydrogen-bond donors (Lipinski definition) is 0. The first-order valence-corrected chi connectivity index (χ1v) is 10.8. The standard InChI is InChI=1S/C22H22ClN3O3.C2H6/c1-16(6-7-19(23)10-13-26(27)28)21-9-8-20(29-21)14-17-4-3-12-25-22(17)18-5-2-11-24-15-18;1-2/h2,5-11,14-16H,3-4,12-13H2,1H3;1-2H3/b7-6-,17-14+,19-10+;. The van der Waals surface area contributed by atoms with Crippen LogP contribution in [0.15, 0.2) is 74.9 Å². The molecular formula is C24H28ClN3O3. The second-order valence-electron chi connectivity index (χ2n) is 6.74. The van der Waals surface area contributed by atoms with Gasteiger partial charge in [-0.2, -0.15) is 0 Å². The SMILES string of the molecule is CC.CC(/C=C\C(Cl)=C/C[N+](=O)[O-])c1ccc(/C=C2\CCCN=C2c2cccnc2)o1. The Hall–Kier alpha value is -2.99. The van der Waals surface area contributed by atoms with Crippen LogP contribution in [0.4, 0.5) is 0 Å². The van der Waals surface area contributed by atoms with E-state index in [2.05, 4.69) is 9.98 Å². The maximum absolute atomic E-state index is 10.4. The molecule has 6 nitrogen and oxygen atoms in total. The molecular weight excluding hydrogens is 414 g/mol. The highest BCUT2D eigenvalue weighted by molar-refractivity contribution is 6.31. The number of nitro groups is 1. The number of aliphatic imine (C=N–C) groups is 1. The quantitative estimate of drug-likeness (QED) is 0.281. The van der Waals surface area contributed by atoms with Crippen LogP contribution in [0.2, 0.25) is 0 Å². The minimum atomic E-state index is -0.430. The van der Waals surface area contributed by atoms with E-state index in [4.69, 9.17) is 16.0 Å². The van der Waals surface area contributed by atoms with Crippen LogP contribution in [-0.2, 0) is 0 Å². The lowest BCUT2D eigenvalue weighted by atomic mass is 9.96. The van der Waals surface area contributed by atoms with Gasteiger partial charge in [-0.15, -0.1) is 0 Å².